The zero-order valence-electron chi connectivity index (χ0n) is 14.5. The molecule has 27 heavy (non-hydrogen) atoms. The normalized spacial score (nSPS) is 22.9. The van der Waals surface area contributed by atoms with Crippen LogP contribution >= 0.6 is 0 Å². The maximum absolute atomic E-state index is 13.2. The molecular weight excluding hydrogens is 365 g/mol. The van der Waals surface area contributed by atoms with E-state index in [9.17, 15) is 27.6 Å². The van der Waals surface area contributed by atoms with Gasteiger partial charge in [-0.05, 0) is 25.2 Å². The number of hydrogen-bond acceptors (Lipinski definition) is 4. The molecule has 1 aliphatic carbocycles. The number of H-pyrrole nitrogens is 1. The van der Waals surface area contributed by atoms with E-state index >= 15 is 0 Å². The zero-order chi connectivity index (χ0) is 19.3. The fourth-order valence-electron chi connectivity index (χ4n) is 3.88. The highest BCUT2D eigenvalue weighted by atomic mass is 19.4. The van der Waals surface area contributed by atoms with Crippen LogP contribution in [0, 0.1) is 11.8 Å². The smallest absolute Gasteiger partial charge is 0.342 e. The summed E-state index contributed by atoms with van der Waals surface area (Å²) in [7, 11) is 0. The second-order valence-electron chi connectivity index (χ2n) is 7.51. The molecule has 1 N–H and O–H groups in total. The quantitative estimate of drug-likeness (QED) is 0.840. The molecule has 0 aromatic carbocycles. The Morgan fingerprint density at radius 1 is 1.22 bits per heavy atom. The lowest BCUT2D eigenvalue weighted by Gasteiger charge is -2.31. The lowest BCUT2D eigenvalue weighted by Crippen LogP contribution is -2.43. The first-order valence-corrected chi connectivity index (χ1v) is 8.98. The number of aromatic amines is 1. The van der Waals surface area contributed by atoms with Gasteiger partial charge in [-0.25, -0.2) is 5.10 Å². The highest BCUT2D eigenvalue weighted by Crippen LogP contribution is 2.34. The fourth-order valence-corrected chi connectivity index (χ4v) is 3.88. The predicted molar refractivity (Wildman–Crippen MR) is 86.4 cm³/mol. The second-order valence-corrected chi connectivity index (χ2v) is 7.51. The SMILES string of the molecule is O=C1CC(C(=O)N2CCc3c(c(C(F)(F)F)n[nH]c3=O)C2)CN1CC1CC1. The van der Waals surface area contributed by atoms with E-state index in [1.54, 1.807) is 4.90 Å². The van der Waals surface area contributed by atoms with Crippen LogP contribution in [0.1, 0.15) is 36.1 Å². The summed E-state index contributed by atoms with van der Waals surface area (Å²) in [5, 5.41) is 5.04. The van der Waals surface area contributed by atoms with Crippen molar-refractivity contribution in [2.75, 3.05) is 19.6 Å². The summed E-state index contributed by atoms with van der Waals surface area (Å²) in [5.41, 5.74) is -2.03. The van der Waals surface area contributed by atoms with Gasteiger partial charge < -0.3 is 9.80 Å². The van der Waals surface area contributed by atoms with Crippen molar-refractivity contribution in [3.8, 4) is 0 Å². The van der Waals surface area contributed by atoms with E-state index in [1.807, 2.05) is 5.10 Å². The Hall–Kier alpha value is -2.39. The number of likely N-dealkylation sites (tertiary alicyclic amines) is 1. The summed E-state index contributed by atoms with van der Waals surface area (Å²) in [6, 6.07) is 0. The average molecular weight is 384 g/mol. The van der Waals surface area contributed by atoms with Crippen LogP contribution in [-0.2, 0) is 28.7 Å². The lowest BCUT2D eigenvalue weighted by atomic mass is 9.97. The third-order valence-electron chi connectivity index (χ3n) is 5.49. The van der Waals surface area contributed by atoms with Crippen LogP contribution in [0.25, 0.3) is 0 Å². The number of hydrogen-bond donors (Lipinski definition) is 1. The third-order valence-corrected chi connectivity index (χ3v) is 5.49. The van der Waals surface area contributed by atoms with Crippen molar-refractivity contribution in [1.82, 2.24) is 20.0 Å². The van der Waals surface area contributed by atoms with E-state index in [4.69, 9.17) is 0 Å². The number of carbonyl (C=O) groups is 2. The van der Waals surface area contributed by atoms with Crippen molar-refractivity contribution in [3.63, 3.8) is 0 Å². The van der Waals surface area contributed by atoms with Crippen LogP contribution in [0.5, 0.6) is 0 Å². The van der Waals surface area contributed by atoms with Crippen molar-refractivity contribution in [1.29, 1.82) is 0 Å². The lowest BCUT2D eigenvalue weighted by molar-refractivity contribution is -0.144. The van der Waals surface area contributed by atoms with Crippen LogP contribution < -0.4 is 5.56 Å². The molecule has 1 atom stereocenters. The number of alkyl halides is 3. The number of halogens is 3. The van der Waals surface area contributed by atoms with Crippen LogP contribution in [0.2, 0.25) is 0 Å². The minimum atomic E-state index is -4.72. The van der Waals surface area contributed by atoms with Crippen LogP contribution in [0.3, 0.4) is 0 Å². The second kappa shape index (κ2) is 6.35. The number of aromatic nitrogens is 2. The van der Waals surface area contributed by atoms with Gasteiger partial charge >= 0.3 is 6.18 Å². The summed E-state index contributed by atoms with van der Waals surface area (Å²) >= 11 is 0. The molecule has 10 heteroatoms. The van der Waals surface area contributed by atoms with E-state index in [0.717, 1.165) is 12.8 Å². The average Bonchev–Trinajstić information content (AvgIpc) is 3.35. The first-order chi connectivity index (χ1) is 12.7. The molecule has 1 saturated carbocycles. The zero-order valence-corrected chi connectivity index (χ0v) is 14.5. The highest BCUT2D eigenvalue weighted by molar-refractivity contribution is 5.89. The van der Waals surface area contributed by atoms with Gasteiger partial charge in [-0.15, -0.1) is 0 Å². The Balaban J connectivity index is 1.52. The summed E-state index contributed by atoms with van der Waals surface area (Å²) in [4.78, 5) is 39.8. The Morgan fingerprint density at radius 2 is 1.96 bits per heavy atom. The van der Waals surface area contributed by atoms with Crippen molar-refractivity contribution in [2.45, 2.75) is 38.4 Å². The molecule has 1 aromatic heterocycles. The highest BCUT2D eigenvalue weighted by Gasteiger charge is 2.42. The van der Waals surface area contributed by atoms with E-state index < -0.39 is 23.3 Å². The third kappa shape index (κ3) is 3.44. The topological polar surface area (TPSA) is 86.4 Å². The number of carbonyl (C=O) groups excluding carboxylic acids is 2. The largest absolute Gasteiger partial charge is 0.435 e. The van der Waals surface area contributed by atoms with Crippen molar-refractivity contribution >= 4 is 11.8 Å². The van der Waals surface area contributed by atoms with Gasteiger partial charge in [0.25, 0.3) is 5.56 Å². The number of rotatable bonds is 3. The first kappa shape index (κ1) is 18.0. The van der Waals surface area contributed by atoms with E-state index in [0.29, 0.717) is 19.0 Å². The first-order valence-electron chi connectivity index (χ1n) is 8.98. The van der Waals surface area contributed by atoms with Gasteiger partial charge in [-0.2, -0.15) is 18.3 Å². The van der Waals surface area contributed by atoms with Crippen LogP contribution in [0.4, 0.5) is 13.2 Å². The van der Waals surface area contributed by atoms with Gasteiger partial charge in [0.15, 0.2) is 5.69 Å². The predicted octanol–water partition coefficient (Wildman–Crippen LogP) is 0.932. The molecule has 3 heterocycles. The van der Waals surface area contributed by atoms with Gasteiger partial charge in [0, 0.05) is 43.7 Å². The molecule has 2 amide bonds. The minimum absolute atomic E-state index is 0.0271. The summed E-state index contributed by atoms with van der Waals surface area (Å²) in [5.74, 6) is -0.439. The maximum atomic E-state index is 13.2. The van der Waals surface area contributed by atoms with Crippen molar-refractivity contribution in [3.05, 3.63) is 27.2 Å². The van der Waals surface area contributed by atoms with Crippen molar-refractivity contribution < 1.29 is 22.8 Å². The Kier molecular flexibility index (Phi) is 4.23. The molecule has 7 nitrogen and oxygen atoms in total. The molecule has 1 unspecified atom stereocenters. The van der Waals surface area contributed by atoms with Gasteiger partial charge in [-0.3, -0.25) is 14.4 Å². The summed E-state index contributed by atoms with van der Waals surface area (Å²) < 4.78 is 39.7. The molecule has 1 aromatic rings. The van der Waals surface area contributed by atoms with Crippen molar-refractivity contribution in [2.24, 2.45) is 11.8 Å². The monoisotopic (exact) mass is 384 g/mol. The van der Waals surface area contributed by atoms with E-state index in [2.05, 4.69) is 5.10 Å². The molecule has 2 aliphatic heterocycles. The fraction of sp³-hybridized carbons (Fsp3) is 0.647. The molecule has 0 spiro atoms. The molecule has 1 saturated heterocycles. The molecule has 2 fully saturated rings. The number of fused-ring (bicyclic) bond motifs is 1. The number of nitrogens with one attached hydrogen (secondary N) is 1. The van der Waals surface area contributed by atoms with Crippen LogP contribution in [0.15, 0.2) is 4.79 Å². The van der Waals surface area contributed by atoms with Gasteiger partial charge in [0.1, 0.15) is 0 Å². The number of nitrogens with zero attached hydrogens (tertiary/aromatic N) is 3. The Morgan fingerprint density at radius 3 is 2.63 bits per heavy atom. The minimum Gasteiger partial charge on any atom is -0.342 e. The molecule has 4 rings (SSSR count). The Bertz CT molecular complexity index is 847. The molecule has 0 bridgehead atoms. The maximum Gasteiger partial charge on any atom is 0.435 e. The molecule has 0 radical (unpaired) electrons. The molecular formula is C17H19F3N4O3. The summed E-state index contributed by atoms with van der Waals surface area (Å²) in [6.45, 7) is 0.816. The van der Waals surface area contributed by atoms with Gasteiger partial charge in [0.05, 0.1) is 5.92 Å². The molecule has 3 aliphatic rings. The number of amides is 2. The Labute approximate surface area is 152 Å². The summed E-state index contributed by atoms with van der Waals surface area (Å²) in [6.07, 6.45) is -2.41. The van der Waals surface area contributed by atoms with Crippen LogP contribution in [-0.4, -0.2) is 51.4 Å². The molecule has 146 valence electrons. The van der Waals surface area contributed by atoms with Gasteiger partial charge in [-0.1, -0.05) is 0 Å². The van der Waals surface area contributed by atoms with E-state index in [-0.39, 0.29) is 48.9 Å². The standard InChI is InChI=1S/C17H19F3N4O3/c18-17(19,20)14-12-8-23(4-3-11(12)15(26)22-21-14)16(27)10-5-13(25)24(7-10)6-9-1-2-9/h9-10H,1-8H2,(H,22,26). The van der Waals surface area contributed by atoms with Gasteiger partial charge in [0.2, 0.25) is 11.8 Å². The van der Waals surface area contributed by atoms with E-state index in [1.165, 1.54) is 4.90 Å².